The highest BCUT2D eigenvalue weighted by molar-refractivity contribution is 5.97. The highest BCUT2D eigenvalue weighted by Gasteiger charge is 2.42. The molecular weight excluding hydrogens is 470 g/mol. The van der Waals surface area contributed by atoms with Crippen LogP contribution in [0.15, 0.2) is 90.1 Å². The van der Waals surface area contributed by atoms with E-state index < -0.39 is 5.54 Å². The van der Waals surface area contributed by atoms with Crippen LogP contribution in [-0.2, 0) is 19.0 Å². The SMILES string of the molecule is C\C=C/C=C\C=C\c1c(CC)nc2ccc(C(N=O)(C(/C=C\C)=C/CC)c3cncn3C)cc2c1N(C)C. The van der Waals surface area contributed by atoms with E-state index in [1.54, 1.807) is 12.5 Å². The summed E-state index contributed by atoms with van der Waals surface area (Å²) in [5.41, 5.74) is 5.07. The zero-order chi connectivity index (χ0) is 27.7. The van der Waals surface area contributed by atoms with Gasteiger partial charge in [0, 0.05) is 32.1 Å². The number of aryl methyl sites for hydroxylation is 2. The van der Waals surface area contributed by atoms with Crippen LogP contribution in [0.3, 0.4) is 0 Å². The van der Waals surface area contributed by atoms with Gasteiger partial charge in [-0.2, -0.15) is 0 Å². The first-order valence-corrected chi connectivity index (χ1v) is 13.1. The zero-order valence-corrected chi connectivity index (χ0v) is 23.6. The molecule has 0 spiro atoms. The molecule has 3 rings (SSSR count). The van der Waals surface area contributed by atoms with E-state index in [0.29, 0.717) is 5.69 Å². The maximum Gasteiger partial charge on any atom is 0.193 e. The lowest BCUT2D eigenvalue weighted by Crippen LogP contribution is -2.29. The Morgan fingerprint density at radius 2 is 1.87 bits per heavy atom. The molecule has 0 aliphatic heterocycles. The Morgan fingerprint density at radius 1 is 1.11 bits per heavy atom. The molecule has 6 nitrogen and oxygen atoms in total. The number of nitroso groups, excluding NO2 is 1. The highest BCUT2D eigenvalue weighted by Crippen LogP contribution is 2.43. The summed E-state index contributed by atoms with van der Waals surface area (Å²) in [7, 11) is 5.98. The summed E-state index contributed by atoms with van der Waals surface area (Å²) in [6.07, 6.45) is 23.2. The van der Waals surface area contributed by atoms with Crippen molar-refractivity contribution in [2.45, 2.75) is 46.1 Å². The lowest BCUT2D eigenvalue weighted by molar-refractivity contribution is 0.591. The second kappa shape index (κ2) is 13.0. The van der Waals surface area contributed by atoms with Gasteiger partial charge < -0.3 is 9.47 Å². The highest BCUT2D eigenvalue weighted by atomic mass is 16.3. The summed E-state index contributed by atoms with van der Waals surface area (Å²) < 4.78 is 1.87. The average Bonchev–Trinajstić information content (AvgIpc) is 3.34. The first-order chi connectivity index (χ1) is 18.4. The van der Waals surface area contributed by atoms with E-state index >= 15 is 0 Å². The molecule has 2 aromatic heterocycles. The lowest BCUT2D eigenvalue weighted by atomic mass is 9.79. The van der Waals surface area contributed by atoms with Crippen molar-refractivity contribution in [1.82, 2.24) is 14.5 Å². The van der Waals surface area contributed by atoms with Gasteiger partial charge in [-0.25, -0.2) is 4.98 Å². The molecule has 0 aliphatic carbocycles. The van der Waals surface area contributed by atoms with E-state index in [-0.39, 0.29) is 0 Å². The Morgan fingerprint density at radius 3 is 2.45 bits per heavy atom. The third-order valence-corrected chi connectivity index (χ3v) is 6.57. The number of hydrogen-bond acceptors (Lipinski definition) is 5. The lowest BCUT2D eigenvalue weighted by Gasteiger charge is -2.30. The fourth-order valence-electron chi connectivity index (χ4n) is 4.91. The van der Waals surface area contributed by atoms with Crippen LogP contribution in [0.5, 0.6) is 0 Å². The Bertz CT molecular complexity index is 1420. The molecule has 3 aromatic rings. The summed E-state index contributed by atoms with van der Waals surface area (Å²) in [4.78, 5) is 24.5. The Hall–Kier alpha value is -4.06. The molecule has 0 N–H and O–H groups in total. The molecule has 0 bridgehead atoms. The first-order valence-electron chi connectivity index (χ1n) is 13.1. The van der Waals surface area contributed by atoms with Gasteiger partial charge in [-0.3, -0.25) is 4.98 Å². The molecule has 0 aliphatic rings. The van der Waals surface area contributed by atoms with Crippen molar-refractivity contribution in [3.63, 3.8) is 0 Å². The van der Waals surface area contributed by atoms with E-state index in [0.717, 1.165) is 51.8 Å². The van der Waals surface area contributed by atoms with Crippen LogP contribution in [0.1, 0.15) is 56.6 Å². The average molecular weight is 510 g/mol. The summed E-state index contributed by atoms with van der Waals surface area (Å²) in [5, 5.41) is 4.82. The second-order valence-electron chi connectivity index (χ2n) is 9.33. The minimum atomic E-state index is -1.26. The van der Waals surface area contributed by atoms with Gasteiger partial charge in [-0.1, -0.05) is 74.6 Å². The zero-order valence-electron chi connectivity index (χ0n) is 23.6. The molecule has 1 unspecified atom stereocenters. The topological polar surface area (TPSA) is 63.4 Å². The van der Waals surface area contributed by atoms with Gasteiger partial charge in [0.1, 0.15) is 0 Å². The minimum Gasteiger partial charge on any atom is -0.377 e. The van der Waals surface area contributed by atoms with Crippen molar-refractivity contribution in [3.05, 3.63) is 112 Å². The number of allylic oxidation sites excluding steroid dienone is 7. The van der Waals surface area contributed by atoms with E-state index in [4.69, 9.17) is 4.98 Å². The molecule has 2 heterocycles. The summed E-state index contributed by atoms with van der Waals surface area (Å²) >= 11 is 0. The number of rotatable bonds is 11. The van der Waals surface area contributed by atoms with Gasteiger partial charge in [0.15, 0.2) is 5.54 Å². The molecule has 1 atom stereocenters. The summed E-state index contributed by atoms with van der Waals surface area (Å²) in [6, 6.07) is 6.06. The fourth-order valence-corrected chi connectivity index (χ4v) is 4.91. The predicted molar refractivity (Wildman–Crippen MR) is 161 cm³/mol. The van der Waals surface area contributed by atoms with Crippen molar-refractivity contribution in [2.24, 2.45) is 12.2 Å². The minimum absolute atomic E-state index is 0.712. The van der Waals surface area contributed by atoms with Gasteiger partial charge in [-0.15, -0.1) is 4.91 Å². The Kier molecular flexibility index (Phi) is 9.72. The van der Waals surface area contributed by atoms with Crippen LogP contribution in [-0.4, -0.2) is 28.6 Å². The quantitative estimate of drug-likeness (QED) is 0.197. The van der Waals surface area contributed by atoms with Gasteiger partial charge in [-0.05, 0) is 55.1 Å². The number of fused-ring (bicyclic) bond motifs is 1. The molecule has 38 heavy (non-hydrogen) atoms. The van der Waals surface area contributed by atoms with Crippen LogP contribution < -0.4 is 4.90 Å². The van der Waals surface area contributed by atoms with Gasteiger partial charge in [0.25, 0.3) is 0 Å². The Labute approximate surface area is 226 Å². The van der Waals surface area contributed by atoms with E-state index in [1.807, 2.05) is 94.2 Å². The van der Waals surface area contributed by atoms with Gasteiger partial charge in [0.2, 0.25) is 0 Å². The number of imidazole rings is 1. The monoisotopic (exact) mass is 509 g/mol. The molecule has 0 radical (unpaired) electrons. The van der Waals surface area contributed by atoms with Crippen molar-refractivity contribution >= 4 is 22.7 Å². The molecule has 1 aromatic carbocycles. The molecular formula is C32H39N5O. The molecule has 0 saturated carbocycles. The predicted octanol–water partition coefficient (Wildman–Crippen LogP) is 7.66. The van der Waals surface area contributed by atoms with Crippen molar-refractivity contribution < 1.29 is 0 Å². The van der Waals surface area contributed by atoms with Crippen LogP contribution in [0.2, 0.25) is 0 Å². The van der Waals surface area contributed by atoms with Crippen molar-refractivity contribution in [3.8, 4) is 0 Å². The second-order valence-corrected chi connectivity index (χ2v) is 9.33. The molecule has 6 heteroatoms. The summed E-state index contributed by atoms with van der Waals surface area (Å²) in [6.45, 7) is 8.13. The van der Waals surface area contributed by atoms with Crippen LogP contribution in [0.25, 0.3) is 17.0 Å². The third kappa shape index (κ3) is 5.44. The van der Waals surface area contributed by atoms with Gasteiger partial charge in [0.05, 0.1) is 35.1 Å². The van der Waals surface area contributed by atoms with Crippen molar-refractivity contribution in [1.29, 1.82) is 0 Å². The molecule has 0 fully saturated rings. The molecule has 0 saturated heterocycles. The number of hydrogen-bond donors (Lipinski definition) is 0. The first kappa shape index (κ1) is 28.5. The van der Waals surface area contributed by atoms with Crippen LogP contribution in [0.4, 0.5) is 5.69 Å². The normalized spacial score (nSPS) is 14.4. The number of aromatic nitrogens is 3. The third-order valence-electron chi connectivity index (χ3n) is 6.57. The number of anilines is 1. The van der Waals surface area contributed by atoms with Gasteiger partial charge >= 0.3 is 0 Å². The largest absolute Gasteiger partial charge is 0.377 e. The van der Waals surface area contributed by atoms with E-state index in [2.05, 4.69) is 47.1 Å². The number of nitrogens with zero attached hydrogens (tertiary/aromatic N) is 5. The Balaban J connectivity index is 2.42. The standard InChI is InChI=1S/C32H39N5O/c1-8-12-13-14-15-18-26-28(11-4)34-29-20-19-25(21-27(29)31(26)36(5)6)32(35-38,24(16-9-2)17-10-3)30-22-33-23-37(30)7/h8-9,12-23H,10-11H2,1-7H3/b12-8-,14-13-,16-9-,18-15+,24-17+. The maximum absolute atomic E-state index is 13.0. The smallest absolute Gasteiger partial charge is 0.193 e. The van der Waals surface area contributed by atoms with E-state index in [9.17, 15) is 4.91 Å². The summed E-state index contributed by atoms with van der Waals surface area (Å²) in [5.74, 6) is 0. The van der Waals surface area contributed by atoms with Crippen LogP contribution >= 0.6 is 0 Å². The molecule has 198 valence electrons. The van der Waals surface area contributed by atoms with E-state index in [1.165, 1.54) is 0 Å². The maximum atomic E-state index is 13.0. The van der Waals surface area contributed by atoms with Crippen molar-refractivity contribution in [2.75, 3.05) is 19.0 Å². The van der Waals surface area contributed by atoms with Crippen LogP contribution in [0, 0.1) is 4.91 Å². The fraction of sp³-hybridized carbons (Fsp3) is 0.312. The number of pyridine rings is 1. The molecule has 0 amide bonds. The number of benzene rings is 1.